The first kappa shape index (κ1) is 14.9. The molecular formula is C12H11ClFN5O2. The summed E-state index contributed by atoms with van der Waals surface area (Å²) in [7, 11) is 0. The number of hydrogen-bond donors (Lipinski definition) is 3. The van der Waals surface area contributed by atoms with Gasteiger partial charge in [-0.2, -0.15) is 5.10 Å². The molecule has 1 atom stereocenters. The fraction of sp³-hybridized carbons (Fsp3) is 0.167. The zero-order chi connectivity index (χ0) is 15.4. The van der Waals surface area contributed by atoms with Crippen LogP contribution >= 0.6 is 11.6 Å². The Morgan fingerprint density at radius 2 is 2.10 bits per heavy atom. The standard InChI is InChI=1S/C12H11ClFN5O2/c1-6(10-15-5-16-19-10)17-11(20)12(21)18-9-3-7(13)2-8(14)4-9/h2-6H,1H3,(H,17,20)(H,18,21)(H,15,16,19)/t6-/m0/s1. The van der Waals surface area contributed by atoms with Crippen molar-refractivity contribution >= 4 is 29.1 Å². The number of H-pyrrole nitrogens is 1. The van der Waals surface area contributed by atoms with Crippen LogP contribution in [0.5, 0.6) is 0 Å². The molecule has 110 valence electrons. The van der Waals surface area contributed by atoms with E-state index in [1.807, 2.05) is 0 Å². The van der Waals surface area contributed by atoms with Crippen LogP contribution in [0.4, 0.5) is 10.1 Å². The van der Waals surface area contributed by atoms with E-state index in [0.717, 1.165) is 12.1 Å². The van der Waals surface area contributed by atoms with Crippen LogP contribution < -0.4 is 10.6 Å². The maximum Gasteiger partial charge on any atom is 0.313 e. The molecule has 1 heterocycles. The zero-order valence-electron chi connectivity index (χ0n) is 10.9. The summed E-state index contributed by atoms with van der Waals surface area (Å²) in [5, 5.41) is 11.0. The van der Waals surface area contributed by atoms with Gasteiger partial charge in [-0.25, -0.2) is 9.37 Å². The number of hydrogen-bond acceptors (Lipinski definition) is 4. The van der Waals surface area contributed by atoms with Crippen molar-refractivity contribution in [1.29, 1.82) is 0 Å². The monoisotopic (exact) mass is 311 g/mol. The smallest absolute Gasteiger partial charge is 0.313 e. The van der Waals surface area contributed by atoms with Crippen molar-refractivity contribution in [2.75, 3.05) is 5.32 Å². The van der Waals surface area contributed by atoms with Crippen molar-refractivity contribution in [3.63, 3.8) is 0 Å². The third kappa shape index (κ3) is 3.99. The van der Waals surface area contributed by atoms with Crippen LogP contribution in [0.2, 0.25) is 5.02 Å². The first-order chi connectivity index (χ1) is 9.95. The number of amides is 2. The Hall–Kier alpha value is -2.48. The summed E-state index contributed by atoms with van der Waals surface area (Å²) in [6.45, 7) is 1.63. The molecule has 0 fully saturated rings. The summed E-state index contributed by atoms with van der Waals surface area (Å²) in [6.07, 6.45) is 1.28. The highest BCUT2D eigenvalue weighted by molar-refractivity contribution is 6.39. The Kier molecular flexibility index (Phi) is 4.49. The van der Waals surface area contributed by atoms with Gasteiger partial charge in [0.25, 0.3) is 0 Å². The van der Waals surface area contributed by atoms with Crippen LogP contribution in [0.15, 0.2) is 24.5 Å². The third-order valence-electron chi connectivity index (χ3n) is 2.52. The molecule has 9 heteroatoms. The first-order valence-electron chi connectivity index (χ1n) is 5.89. The van der Waals surface area contributed by atoms with Crippen LogP contribution in [-0.2, 0) is 9.59 Å². The summed E-state index contributed by atoms with van der Waals surface area (Å²) in [6, 6.07) is 2.94. The highest BCUT2D eigenvalue weighted by Gasteiger charge is 2.18. The van der Waals surface area contributed by atoms with Crippen LogP contribution in [0, 0.1) is 5.82 Å². The van der Waals surface area contributed by atoms with E-state index in [1.54, 1.807) is 6.92 Å². The maximum atomic E-state index is 13.1. The molecule has 0 aliphatic carbocycles. The number of aromatic nitrogens is 3. The SMILES string of the molecule is C[C@H](NC(=O)C(=O)Nc1cc(F)cc(Cl)c1)c1ncn[nH]1. The molecule has 1 aromatic heterocycles. The van der Waals surface area contributed by atoms with Crippen molar-refractivity contribution in [2.45, 2.75) is 13.0 Å². The minimum Gasteiger partial charge on any atom is -0.338 e. The number of halogens is 2. The van der Waals surface area contributed by atoms with Gasteiger partial charge in [0.1, 0.15) is 18.0 Å². The van der Waals surface area contributed by atoms with E-state index in [4.69, 9.17) is 11.6 Å². The number of rotatable bonds is 3. The molecule has 0 aliphatic rings. The van der Waals surface area contributed by atoms with Crippen molar-refractivity contribution in [3.8, 4) is 0 Å². The molecule has 21 heavy (non-hydrogen) atoms. The number of aromatic amines is 1. The summed E-state index contributed by atoms with van der Waals surface area (Å²) in [5.41, 5.74) is 0.0902. The average Bonchev–Trinajstić information content (AvgIpc) is 2.91. The zero-order valence-corrected chi connectivity index (χ0v) is 11.6. The number of nitrogens with zero attached hydrogens (tertiary/aromatic N) is 2. The molecule has 0 saturated carbocycles. The molecule has 0 unspecified atom stereocenters. The maximum absolute atomic E-state index is 13.1. The highest BCUT2D eigenvalue weighted by atomic mass is 35.5. The largest absolute Gasteiger partial charge is 0.338 e. The van der Waals surface area contributed by atoms with Gasteiger partial charge >= 0.3 is 11.8 Å². The van der Waals surface area contributed by atoms with Crippen molar-refractivity contribution in [1.82, 2.24) is 20.5 Å². The van der Waals surface area contributed by atoms with Gasteiger partial charge in [0.15, 0.2) is 0 Å². The fourth-order valence-electron chi connectivity index (χ4n) is 1.57. The van der Waals surface area contributed by atoms with E-state index in [1.165, 1.54) is 12.4 Å². The second-order valence-corrected chi connectivity index (χ2v) is 4.61. The molecule has 0 spiro atoms. The molecule has 7 nitrogen and oxygen atoms in total. The van der Waals surface area contributed by atoms with Crippen LogP contribution in [0.25, 0.3) is 0 Å². The van der Waals surface area contributed by atoms with Crippen LogP contribution in [0.1, 0.15) is 18.8 Å². The van der Waals surface area contributed by atoms with E-state index >= 15 is 0 Å². The van der Waals surface area contributed by atoms with E-state index < -0.39 is 23.7 Å². The summed E-state index contributed by atoms with van der Waals surface area (Å²) in [5.74, 6) is -2.04. The minimum absolute atomic E-state index is 0.0902. The lowest BCUT2D eigenvalue weighted by Gasteiger charge is -2.11. The Morgan fingerprint density at radius 1 is 1.33 bits per heavy atom. The molecular weight excluding hydrogens is 301 g/mol. The van der Waals surface area contributed by atoms with Gasteiger partial charge in [0.05, 0.1) is 6.04 Å². The molecule has 1 aromatic carbocycles. The second kappa shape index (κ2) is 6.31. The molecule has 0 bridgehead atoms. The molecule has 3 N–H and O–H groups in total. The Balaban J connectivity index is 1.98. The van der Waals surface area contributed by atoms with Gasteiger partial charge in [0, 0.05) is 10.7 Å². The Bertz CT molecular complexity index is 641. The van der Waals surface area contributed by atoms with E-state index in [9.17, 15) is 14.0 Å². The Morgan fingerprint density at radius 3 is 2.71 bits per heavy atom. The number of carbonyl (C=O) groups excluding carboxylic acids is 2. The van der Waals surface area contributed by atoms with Crippen molar-refractivity contribution < 1.29 is 14.0 Å². The third-order valence-corrected chi connectivity index (χ3v) is 2.74. The van der Waals surface area contributed by atoms with E-state index in [2.05, 4.69) is 25.8 Å². The molecule has 0 aliphatic heterocycles. The predicted molar refractivity (Wildman–Crippen MR) is 73.0 cm³/mol. The van der Waals surface area contributed by atoms with Crippen molar-refractivity contribution in [2.24, 2.45) is 0 Å². The van der Waals surface area contributed by atoms with Gasteiger partial charge < -0.3 is 10.6 Å². The van der Waals surface area contributed by atoms with E-state index in [0.29, 0.717) is 5.82 Å². The number of benzene rings is 1. The number of anilines is 1. The molecule has 2 amide bonds. The lowest BCUT2D eigenvalue weighted by Crippen LogP contribution is -2.37. The summed E-state index contributed by atoms with van der Waals surface area (Å²) in [4.78, 5) is 27.3. The van der Waals surface area contributed by atoms with Gasteiger partial charge in [-0.15, -0.1) is 0 Å². The highest BCUT2D eigenvalue weighted by Crippen LogP contribution is 2.18. The molecule has 2 aromatic rings. The Labute approximate surface area is 123 Å². The molecule has 0 radical (unpaired) electrons. The number of carbonyl (C=O) groups is 2. The minimum atomic E-state index is -0.942. The fourth-order valence-corrected chi connectivity index (χ4v) is 1.79. The average molecular weight is 312 g/mol. The summed E-state index contributed by atoms with van der Waals surface area (Å²) < 4.78 is 13.1. The predicted octanol–water partition coefficient (Wildman–Crippen LogP) is 1.41. The normalized spacial score (nSPS) is 11.8. The van der Waals surface area contributed by atoms with Crippen LogP contribution in [-0.4, -0.2) is 27.0 Å². The van der Waals surface area contributed by atoms with Gasteiger partial charge in [-0.1, -0.05) is 11.6 Å². The quantitative estimate of drug-likeness (QED) is 0.746. The lowest BCUT2D eigenvalue weighted by atomic mass is 10.3. The van der Waals surface area contributed by atoms with E-state index in [-0.39, 0.29) is 10.7 Å². The van der Waals surface area contributed by atoms with Crippen molar-refractivity contribution in [3.05, 3.63) is 41.2 Å². The molecule has 2 rings (SSSR count). The van der Waals surface area contributed by atoms with Gasteiger partial charge in [-0.3, -0.25) is 14.7 Å². The van der Waals surface area contributed by atoms with Gasteiger partial charge in [0.2, 0.25) is 0 Å². The summed E-state index contributed by atoms with van der Waals surface area (Å²) >= 11 is 5.65. The first-order valence-corrected chi connectivity index (χ1v) is 6.26. The topological polar surface area (TPSA) is 99.8 Å². The van der Waals surface area contributed by atoms with Crippen LogP contribution in [0.3, 0.4) is 0 Å². The number of nitrogens with one attached hydrogen (secondary N) is 3. The molecule has 0 saturated heterocycles. The van der Waals surface area contributed by atoms with Gasteiger partial charge in [-0.05, 0) is 25.1 Å². The lowest BCUT2D eigenvalue weighted by molar-refractivity contribution is -0.136. The second-order valence-electron chi connectivity index (χ2n) is 4.18.